The molecule has 0 spiro atoms. The van der Waals surface area contributed by atoms with Crippen LogP contribution in [0, 0.1) is 0 Å². The second kappa shape index (κ2) is 5.28. The molecule has 2 aromatic rings. The average Bonchev–Trinajstić information content (AvgIpc) is 2.48. The van der Waals surface area contributed by atoms with Crippen molar-refractivity contribution in [2.75, 3.05) is 7.11 Å². The maximum atomic E-state index is 12.8. The second-order valence-electron chi connectivity index (χ2n) is 4.36. The summed E-state index contributed by atoms with van der Waals surface area (Å²) in [5.41, 5.74) is 2.13. The van der Waals surface area contributed by atoms with Gasteiger partial charge >= 0.3 is 120 Å². The van der Waals surface area contributed by atoms with Crippen molar-refractivity contribution in [3.05, 3.63) is 65.7 Å². The molecule has 1 aliphatic heterocycles. The molecule has 0 N–H and O–H groups in total. The molecule has 1 heterocycles. The van der Waals surface area contributed by atoms with Crippen molar-refractivity contribution in [1.29, 1.82) is 0 Å². The van der Waals surface area contributed by atoms with Crippen LogP contribution >= 0.6 is 0 Å². The van der Waals surface area contributed by atoms with Gasteiger partial charge in [0.1, 0.15) is 0 Å². The molecule has 0 saturated carbocycles. The van der Waals surface area contributed by atoms with Crippen molar-refractivity contribution in [3.8, 4) is 5.75 Å². The number of methoxy groups -OCH3 is 1. The van der Waals surface area contributed by atoms with Crippen LogP contribution in [0.5, 0.6) is 5.75 Å². The van der Waals surface area contributed by atoms with Crippen LogP contribution in [0.15, 0.2) is 54.6 Å². The van der Waals surface area contributed by atoms with E-state index in [4.69, 9.17) is 4.74 Å². The van der Waals surface area contributed by atoms with Crippen LogP contribution in [-0.4, -0.2) is 26.6 Å². The van der Waals surface area contributed by atoms with E-state index in [9.17, 15) is 3.10 Å². The zero-order valence-corrected chi connectivity index (χ0v) is 12.9. The topological polar surface area (TPSA) is 26.3 Å². The Labute approximate surface area is 119 Å². The van der Waals surface area contributed by atoms with Crippen LogP contribution in [0.1, 0.15) is 15.1 Å². The van der Waals surface area contributed by atoms with E-state index in [2.05, 4.69) is 6.08 Å². The van der Waals surface area contributed by atoms with Crippen LogP contribution in [-0.2, 0) is 3.10 Å². The molecule has 1 unspecified atom stereocenters. The molecular weight excluding hydrogens is 352 g/mol. The fourth-order valence-corrected chi connectivity index (χ4v) is 6.58. The molecule has 0 aromatic heterocycles. The van der Waals surface area contributed by atoms with Gasteiger partial charge in [0.2, 0.25) is 0 Å². The van der Waals surface area contributed by atoms with Crippen LogP contribution < -0.4 is 8.35 Å². The third kappa shape index (κ3) is 2.25. The molecule has 2 nitrogen and oxygen atoms in total. The molecule has 0 radical (unpaired) electrons. The van der Waals surface area contributed by atoms with Gasteiger partial charge in [-0.25, -0.2) is 0 Å². The van der Waals surface area contributed by atoms with Gasteiger partial charge in [0.25, 0.3) is 0 Å². The number of hydrogen-bond acceptors (Lipinski definition) is 2. The molecule has 1 atom stereocenters. The standard InChI is InChI=1S/C16H14O2Te/c1-18-14-8-5-9-16-13(14)10-11-15(19(16)17)12-6-3-2-4-7-12/h2-11,15H,1H3. The summed E-state index contributed by atoms with van der Waals surface area (Å²) in [6.07, 6.45) is 4.10. The summed E-state index contributed by atoms with van der Waals surface area (Å²) in [7, 11) is 1.65. The third-order valence-corrected chi connectivity index (χ3v) is 8.05. The fourth-order valence-electron chi connectivity index (χ4n) is 2.31. The first kappa shape index (κ1) is 12.6. The summed E-state index contributed by atoms with van der Waals surface area (Å²) in [5.74, 6) is 0.807. The maximum absolute atomic E-state index is 12.8. The van der Waals surface area contributed by atoms with E-state index in [1.54, 1.807) is 7.11 Å². The molecule has 3 rings (SSSR count). The molecule has 96 valence electrons. The van der Waals surface area contributed by atoms with Gasteiger partial charge in [-0.3, -0.25) is 0 Å². The third-order valence-electron chi connectivity index (χ3n) is 3.26. The van der Waals surface area contributed by atoms with Crippen LogP contribution in [0.25, 0.3) is 6.08 Å². The number of allylic oxidation sites excluding steroid dienone is 1. The Morgan fingerprint density at radius 1 is 1.05 bits per heavy atom. The Morgan fingerprint density at radius 2 is 1.84 bits per heavy atom. The Kier molecular flexibility index (Phi) is 3.50. The van der Waals surface area contributed by atoms with Crippen LogP contribution in [0.2, 0.25) is 0 Å². The number of rotatable bonds is 2. The Morgan fingerprint density at radius 3 is 2.58 bits per heavy atom. The quantitative estimate of drug-likeness (QED) is 0.765. The Hall–Kier alpha value is -1.43. The molecule has 19 heavy (non-hydrogen) atoms. The summed E-state index contributed by atoms with van der Waals surface area (Å²) in [6.45, 7) is 0. The van der Waals surface area contributed by atoms with Crippen molar-refractivity contribution in [2.24, 2.45) is 0 Å². The van der Waals surface area contributed by atoms with E-state index >= 15 is 0 Å². The van der Waals surface area contributed by atoms with Crippen LogP contribution in [0.3, 0.4) is 0 Å². The second-order valence-corrected chi connectivity index (χ2v) is 8.76. The van der Waals surface area contributed by atoms with Crippen LogP contribution in [0.4, 0.5) is 0 Å². The van der Waals surface area contributed by atoms with E-state index in [1.807, 2.05) is 54.6 Å². The van der Waals surface area contributed by atoms with Gasteiger partial charge in [0.05, 0.1) is 0 Å². The molecule has 0 amide bonds. The van der Waals surface area contributed by atoms with Crippen molar-refractivity contribution in [1.82, 2.24) is 0 Å². The van der Waals surface area contributed by atoms with E-state index in [1.165, 1.54) is 0 Å². The predicted octanol–water partition coefficient (Wildman–Crippen LogP) is 2.67. The van der Waals surface area contributed by atoms with Gasteiger partial charge in [-0.1, -0.05) is 0 Å². The zero-order valence-electron chi connectivity index (χ0n) is 10.6. The molecule has 0 saturated heterocycles. The van der Waals surface area contributed by atoms with Gasteiger partial charge in [-0.2, -0.15) is 0 Å². The van der Waals surface area contributed by atoms with E-state index in [-0.39, 0.29) is 3.97 Å². The van der Waals surface area contributed by atoms with Crippen molar-refractivity contribution >= 4 is 29.2 Å². The van der Waals surface area contributed by atoms with Crippen molar-refractivity contribution in [3.63, 3.8) is 0 Å². The average molecular weight is 366 g/mol. The SMILES string of the molecule is COc1cccc2c1C=CC(c1ccccc1)[Te]2=O. The first-order valence-corrected chi connectivity index (χ1v) is 9.58. The molecule has 2 aromatic carbocycles. The molecule has 0 fully saturated rings. The monoisotopic (exact) mass is 368 g/mol. The molecule has 3 heteroatoms. The fraction of sp³-hybridized carbons (Fsp3) is 0.125. The molecule has 1 aliphatic rings. The normalized spacial score (nSPS) is 18.1. The number of ether oxygens (including phenoxy) is 1. The minimum absolute atomic E-state index is 0.0596. The van der Waals surface area contributed by atoms with E-state index < -0.39 is 19.5 Å². The minimum atomic E-state index is -2.63. The molecule has 0 aliphatic carbocycles. The number of fused-ring (bicyclic) bond motifs is 1. The molecular formula is C16H14O2Te. The molecule has 0 bridgehead atoms. The van der Waals surface area contributed by atoms with Gasteiger partial charge in [-0.15, -0.1) is 0 Å². The van der Waals surface area contributed by atoms with Gasteiger partial charge < -0.3 is 0 Å². The van der Waals surface area contributed by atoms with E-state index in [0.29, 0.717) is 0 Å². The summed E-state index contributed by atoms with van der Waals surface area (Å²) in [4.78, 5) is 0. The van der Waals surface area contributed by atoms with Gasteiger partial charge in [-0.05, 0) is 0 Å². The van der Waals surface area contributed by atoms with Crippen molar-refractivity contribution in [2.45, 2.75) is 3.97 Å². The summed E-state index contributed by atoms with van der Waals surface area (Å²) in [5, 5.41) is 0. The summed E-state index contributed by atoms with van der Waals surface area (Å²) >= 11 is -2.63. The van der Waals surface area contributed by atoms with E-state index in [0.717, 1.165) is 20.5 Å². The Bertz CT molecular complexity index is 647. The van der Waals surface area contributed by atoms with Crippen molar-refractivity contribution < 1.29 is 7.84 Å². The predicted molar refractivity (Wildman–Crippen MR) is 77.3 cm³/mol. The first-order chi connectivity index (χ1) is 9.31. The number of benzene rings is 2. The summed E-state index contributed by atoms with van der Waals surface area (Å²) in [6, 6.07) is 15.9. The first-order valence-electron chi connectivity index (χ1n) is 6.12. The zero-order chi connectivity index (χ0) is 13.2. The van der Waals surface area contributed by atoms with Gasteiger partial charge in [0.15, 0.2) is 0 Å². The summed E-state index contributed by atoms with van der Waals surface area (Å²) < 4.78 is 19.2. The Balaban J connectivity index is 2.07. The van der Waals surface area contributed by atoms with Gasteiger partial charge in [0, 0.05) is 0 Å². The number of hydrogen-bond donors (Lipinski definition) is 0.